The third kappa shape index (κ3) is 9.71. The van der Waals surface area contributed by atoms with Gasteiger partial charge in [0, 0.05) is 9.92 Å². The molecule has 0 aliphatic carbocycles. The number of rotatable bonds is 12. The zero-order valence-electron chi connectivity index (χ0n) is 13.2. The van der Waals surface area contributed by atoms with Crippen LogP contribution in [0.15, 0.2) is 23.1 Å². The van der Waals surface area contributed by atoms with Crippen LogP contribution in [-0.2, 0) is 0 Å². The lowest BCUT2D eigenvalue weighted by Gasteiger charge is -2.05. The number of thioether (sulfide) groups is 1. The summed E-state index contributed by atoms with van der Waals surface area (Å²) in [7, 11) is 0. The molecule has 0 unspecified atom stereocenters. The van der Waals surface area contributed by atoms with Crippen LogP contribution in [0.2, 0.25) is 10.0 Å². The number of hydrogen-bond donors (Lipinski definition) is 0. The first-order chi connectivity index (χ1) is 10.2. The second-order valence-corrected chi connectivity index (χ2v) is 7.59. The van der Waals surface area contributed by atoms with Crippen molar-refractivity contribution in [2.75, 3.05) is 5.75 Å². The third-order valence-corrected chi connectivity index (χ3v) is 5.47. The Morgan fingerprint density at radius 1 is 0.810 bits per heavy atom. The highest BCUT2D eigenvalue weighted by molar-refractivity contribution is 7.99. The van der Waals surface area contributed by atoms with Crippen LogP contribution < -0.4 is 0 Å². The van der Waals surface area contributed by atoms with Gasteiger partial charge in [-0.2, -0.15) is 0 Å². The van der Waals surface area contributed by atoms with Gasteiger partial charge >= 0.3 is 0 Å². The van der Waals surface area contributed by atoms with Crippen LogP contribution >= 0.6 is 35.0 Å². The molecule has 0 saturated heterocycles. The van der Waals surface area contributed by atoms with Crippen molar-refractivity contribution in [2.24, 2.45) is 0 Å². The van der Waals surface area contributed by atoms with Crippen LogP contribution in [0, 0.1) is 0 Å². The van der Waals surface area contributed by atoms with E-state index in [0.717, 1.165) is 20.7 Å². The summed E-state index contributed by atoms with van der Waals surface area (Å²) in [4.78, 5) is 1.11. The van der Waals surface area contributed by atoms with E-state index in [-0.39, 0.29) is 0 Å². The van der Waals surface area contributed by atoms with Gasteiger partial charge in [0.05, 0.1) is 5.02 Å². The summed E-state index contributed by atoms with van der Waals surface area (Å²) in [5.41, 5.74) is 0. The normalized spacial score (nSPS) is 11.0. The number of unbranched alkanes of at least 4 members (excludes halogenated alkanes) is 9. The molecule has 1 aromatic rings. The van der Waals surface area contributed by atoms with Gasteiger partial charge in [0.15, 0.2) is 0 Å². The second kappa shape index (κ2) is 12.7. The SMILES string of the molecule is CCCCCCCCCCCCSc1cc(Cl)ccc1Cl. The molecule has 0 saturated carbocycles. The van der Waals surface area contributed by atoms with Crippen molar-refractivity contribution in [1.29, 1.82) is 0 Å². The van der Waals surface area contributed by atoms with Crippen molar-refractivity contribution in [1.82, 2.24) is 0 Å². The standard InChI is InChI=1S/C18H28Cl2S/c1-2-3-4-5-6-7-8-9-10-11-14-21-18-15-16(19)12-13-17(18)20/h12-13,15H,2-11,14H2,1H3. The van der Waals surface area contributed by atoms with Crippen LogP contribution in [0.3, 0.4) is 0 Å². The monoisotopic (exact) mass is 346 g/mol. The molecule has 0 nitrogen and oxygen atoms in total. The molecule has 0 bridgehead atoms. The Balaban J connectivity index is 1.94. The maximum absolute atomic E-state index is 6.15. The largest absolute Gasteiger partial charge is 0.125 e. The molecule has 21 heavy (non-hydrogen) atoms. The van der Waals surface area contributed by atoms with Gasteiger partial charge in [0.2, 0.25) is 0 Å². The molecule has 0 aliphatic rings. The predicted molar refractivity (Wildman–Crippen MR) is 99.0 cm³/mol. The van der Waals surface area contributed by atoms with E-state index in [1.165, 1.54) is 64.2 Å². The molecule has 1 aromatic carbocycles. The Hall–Kier alpha value is 0.150. The first-order valence-corrected chi connectivity index (χ1v) is 10.1. The Bertz CT molecular complexity index is 379. The van der Waals surface area contributed by atoms with Crippen LogP contribution in [0.1, 0.15) is 71.1 Å². The molecule has 0 aromatic heterocycles. The molecule has 1 rings (SSSR count). The fraction of sp³-hybridized carbons (Fsp3) is 0.667. The molecule has 0 fully saturated rings. The smallest absolute Gasteiger partial charge is 0.0542 e. The Morgan fingerprint density at radius 3 is 2.00 bits per heavy atom. The maximum Gasteiger partial charge on any atom is 0.0542 e. The number of hydrogen-bond acceptors (Lipinski definition) is 1. The maximum atomic E-state index is 6.15. The van der Waals surface area contributed by atoms with E-state index in [2.05, 4.69) is 6.92 Å². The topological polar surface area (TPSA) is 0 Å². The van der Waals surface area contributed by atoms with Crippen LogP contribution in [-0.4, -0.2) is 5.75 Å². The molecular weight excluding hydrogens is 319 g/mol. The summed E-state index contributed by atoms with van der Waals surface area (Å²) in [5, 5.41) is 1.58. The molecular formula is C18H28Cl2S. The molecule has 0 atom stereocenters. The van der Waals surface area contributed by atoms with Crippen molar-refractivity contribution in [3.63, 3.8) is 0 Å². The van der Waals surface area contributed by atoms with Crippen molar-refractivity contribution in [3.8, 4) is 0 Å². The quantitative estimate of drug-likeness (QED) is 0.272. The van der Waals surface area contributed by atoms with E-state index in [0.29, 0.717) is 0 Å². The summed E-state index contributed by atoms with van der Waals surface area (Å²) in [6, 6.07) is 5.68. The summed E-state index contributed by atoms with van der Waals surface area (Å²) in [6.07, 6.45) is 13.8. The lowest BCUT2D eigenvalue weighted by Crippen LogP contribution is -1.84. The first kappa shape index (κ1) is 19.2. The summed E-state index contributed by atoms with van der Waals surface area (Å²) in [5.74, 6) is 1.14. The minimum atomic E-state index is 0.768. The Morgan fingerprint density at radius 2 is 1.38 bits per heavy atom. The van der Waals surface area contributed by atoms with Crippen LogP contribution in [0.5, 0.6) is 0 Å². The van der Waals surface area contributed by atoms with E-state index >= 15 is 0 Å². The first-order valence-electron chi connectivity index (χ1n) is 8.32. The van der Waals surface area contributed by atoms with E-state index < -0.39 is 0 Å². The van der Waals surface area contributed by atoms with Gasteiger partial charge in [-0.15, -0.1) is 11.8 Å². The average Bonchev–Trinajstić information content (AvgIpc) is 2.48. The number of benzene rings is 1. The molecule has 0 aliphatic heterocycles. The molecule has 120 valence electrons. The number of halogens is 2. The molecule has 3 heteroatoms. The van der Waals surface area contributed by atoms with Gasteiger partial charge in [0.25, 0.3) is 0 Å². The highest BCUT2D eigenvalue weighted by atomic mass is 35.5. The predicted octanol–water partition coefficient (Wildman–Crippen LogP) is 8.01. The summed E-state index contributed by atoms with van der Waals surface area (Å²) >= 11 is 14.0. The molecule has 0 radical (unpaired) electrons. The highest BCUT2D eigenvalue weighted by Crippen LogP contribution is 2.30. The second-order valence-electron chi connectivity index (χ2n) is 5.61. The van der Waals surface area contributed by atoms with Gasteiger partial charge < -0.3 is 0 Å². The van der Waals surface area contributed by atoms with E-state index in [9.17, 15) is 0 Å². The van der Waals surface area contributed by atoms with E-state index in [1.54, 1.807) is 0 Å². The van der Waals surface area contributed by atoms with Gasteiger partial charge in [-0.05, 0) is 30.4 Å². The Labute approximate surface area is 145 Å². The van der Waals surface area contributed by atoms with Crippen LogP contribution in [0.25, 0.3) is 0 Å². The van der Waals surface area contributed by atoms with Crippen molar-refractivity contribution < 1.29 is 0 Å². The molecule has 0 N–H and O–H groups in total. The van der Waals surface area contributed by atoms with Gasteiger partial charge in [-0.25, -0.2) is 0 Å². The molecule has 0 amide bonds. The van der Waals surface area contributed by atoms with Gasteiger partial charge in [-0.1, -0.05) is 87.9 Å². The lowest BCUT2D eigenvalue weighted by molar-refractivity contribution is 0.563. The zero-order valence-corrected chi connectivity index (χ0v) is 15.5. The van der Waals surface area contributed by atoms with Crippen molar-refractivity contribution in [3.05, 3.63) is 28.2 Å². The summed E-state index contributed by atoms with van der Waals surface area (Å²) < 4.78 is 0. The lowest BCUT2D eigenvalue weighted by atomic mass is 10.1. The minimum absolute atomic E-state index is 0.768. The van der Waals surface area contributed by atoms with Crippen LogP contribution in [0.4, 0.5) is 0 Å². The Kier molecular flexibility index (Phi) is 11.6. The van der Waals surface area contributed by atoms with E-state index in [4.69, 9.17) is 23.2 Å². The van der Waals surface area contributed by atoms with Gasteiger partial charge in [-0.3, -0.25) is 0 Å². The molecule has 0 spiro atoms. The third-order valence-electron chi connectivity index (χ3n) is 3.65. The fourth-order valence-electron chi connectivity index (χ4n) is 2.36. The van der Waals surface area contributed by atoms with Crippen molar-refractivity contribution >= 4 is 35.0 Å². The van der Waals surface area contributed by atoms with Crippen molar-refractivity contribution in [2.45, 2.75) is 76.0 Å². The highest BCUT2D eigenvalue weighted by Gasteiger charge is 2.02. The van der Waals surface area contributed by atoms with Gasteiger partial charge in [0.1, 0.15) is 0 Å². The molecule has 0 heterocycles. The van der Waals surface area contributed by atoms with E-state index in [1.807, 2.05) is 30.0 Å². The fourth-order valence-corrected chi connectivity index (χ4v) is 3.86. The zero-order chi connectivity index (χ0) is 15.3. The minimum Gasteiger partial charge on any atom is -0.125 e. The summed E-state index contributed by atoms with van der Waals surface area (Å²) in [6.45, 7) is 2.27. The average molecular weight is 347 g/mol.